The van der Waals surface area contributed by atoms with Gasteiger partial charge in [-0.1, -0.05) is 42.1 Å². The maximum atomic E-state index is 13.3. The molecule has 1 heterocycles. The Morgan fingerprint density at radius 3 is 2.43 bits per heavy atom. The van der Waals surface area contributed by atoms with E-state index in [1.54, 1.807) is 11.3 Å². The Balaban J connectivity index is 1.91. The molecule has 1 N–H and O–H groups in total. The van der Waals surface area contributed by atoms with Gasteiger partial charge in [0.2, 0.25) is 0 Å². The molecule has 0 radical (unpaired) electrons. The summed E-state index contributed by atoms with van der Waals surface area (Å²) < 4.78 is 13.3. The van der Waals surface area contributed by atoms with Crippen LogP contribution >= 0.6 is 34.5 Å². The molecule has 1 atom stereocenters. The van der Waals surface area contributed by atoms with Crippen molar-refractivity contribution < 1.29 is 4.39 Å². The van der Waals surface area contributed by atoms with E-state index in [-0.39, 0.29) is 6.04 Å². The number of anilines is 1. The minimum atomic E-state index is -0.413. The SMILES string of the molecule is Fc1cc(Cl)c(NC(c2cccs2)C2CCCC2)c(Cl)c1. The predicted molar refractivity (Wildman–Crippen MR) is 89.1 cm³/mol. The van der Waals surface area contributed by atoms with Crippen LogP contribution in [0.5, 0.6) is 0 Å². The van der Waals surface area contributed by atoms with Gasteiger partial charge in [-0.2, -0.15) is 0 Å². The highest BCUT2D eigenvalue weighted by atomic mass is 35.5. The van der Waals surface area contributed by atoms with E-state index in [4.69, 9.17) is 23.2 Å². The first kappa shape index (κ1) is 15.1. The summed E-state index contributed by atoms with van der Waals surface area (Å²) in [6.45, 7) is 0. The summed E-state index contributed by atoms with van der Waals surface area (Å²) in [6, 6.07) is 6.97. The van der Waals surface area contributed by atoms with Crippen LogP contribution in [0.1, 0.15) is 36.6 Å². The molecule has 0 spiro atoms. The lowest BCUT2D eigenvalue weighted by Gasteiger charge is -2.26. The lowest BCUT2D eigenvalue weighted by atomic mass is 9.96. The number of thiophene rings is 1. The Morgan fingerprint density at radius 2 is 1.86 bits per heavy atom. The second-order valence-corrected chi connectivity index (χ2v) is 7.22. The molecule has 2 aromatic rings. The molecular formula is C16H16Cl2FNS. The van der Waals surface area contributed by atoms with Gasteiger partial charge in [0.05, 0.1) is 21.8 Å². The van der Waals surface area contributed by atoms with Gasteiger partial charge < -0.3 is 5.32 Å². The van der Waals surface area contributed by atoms with Crippen molar-refractivity contribution in [3.63, 3.8) is 0 Å². The fourth-order valence-corrected chi connectivity index (χ4v) is 4.45. The lowest BCUT2D eigenvalue weighted by molar-refractivity contribution is 0.475. The average Bonchev–Trinajstić information content (AvgIpc) is 3.11. The van der Waals surface area contributed by atoms with Gasteiger partial charge in [0.1, 0.15) is 5.82 Å². The van der Waals surface area contributed by atoms with E-state index < -0.39 is 5.82 Å². The van der Waals surface area contributed by atoms with Crippen molar-refractivity contribution >= 4 is 40.2 Å². The summed E-state index contributed by atoms with van der Waals surface area (Å²) in [7, 11) is 0. The molecule has 1 fully saturated rings. The molecule has 0 bridgehead atoms. The van der Waals surface area contributed by atoms with Crippen molar-refractivity contribution in [1.29, 1.82) is 0 Å². The third-order valence-corrected chi connectivity index (χ3v) is 5.58. The van der Waals surface area contributed by atoms with Crippen molar-refractivity contribution in [1.82, 2.24) is 0 Å². The second kappa shape index (κ2) is 6.55. The van der Waals surface area contributed by atoms with Crippen LogP contribution in [0.25, 0.3) is 0 Å². The quantitative estimate of drug-likeness (QED) is 0.664. The van der Waals surface area contributed by atoms with E-state index in [0.717, 1.165) is 0 Å². The van der Waals surface area contributed by atoms with Crippen LogP contribution in [-0.4, -0.2) is 0 Å². The standard InChI is InChI=1S/C16H16Cl2FNS/c17-12-8-11(19)9-13(18)16(12)20-15(10-4-1-2-5-10)14-6-3-7-21-14/h3,6-10,15,20H,1-2,4-5H2. The first-order chi connectivity index (χ1) is 10.1. The summed E-state index contributed by atoms with van der Waals surface area (Å²) >= 11 is 14.1. The first-order valence-corrected chi connectivity index (χ1v) is 8.73. The summed E-state index contributed by atoms with van der Waals surface area (Å²) in [5.41, 5.74) is 0.630. The van der Waals surface area contributed by atoms with Gasteiger partial charge in [-0.15, -0.1) is 11.3 Å². The van der Waals surface area contributed by atoms with Crippen molar-refractivity contribution in [2.24, 2.45) is 5.92 Å². The van der Waals surface area contributed by atoms with Crippen LogP contribution in [-0.2, 0) is 0 Å². The van der Waals surface area contributed by atoms with Crippen LogP contribution in [0, 0.1) is 11.7 Å². The highest BCUT2D eigenvalue weighted by Crippen LogP contribution is 2.42. The fraction of sp³-hybridized carbons (Fsp3) is 0.375. The Hall–Kier alpha value is -0.770. The van der Waals surface area contributed by atoms with E-state index >= 15 is 0 Å². The van der Waals surface area contributed by atoms with Crippen molar-refractivity contribution in [3.05, 3.63) is 50.4 Å². The summed E-state index contributed by atoms with van der Waals surface area (Å²) in [5, 5.41) is 6.21. The molecule has 1 aromatic heterocycles. The number of hydrogen-bond acceptors (Lipinski definition) is 2. The maximum absolute atomic E-state index is 13.3. The number of halogens is 3. The average molecular weight is 344 g/mol. The van der Waals surface area contributed by atoms with Gasteiger partial charge in [0.15, 0.2) is 0 Å². The van der Waals surface area contributed by atoms with Crippen LogP contribution in [0.15, 0.2) is 29.6 Å². The van der Waals surface area contributed by atoms with E-state index in [9.17, 15) is 4.39 Å². The third-order valence-electron chi connectivity index (χ3n) is 4.03. The Labute approximate surface area is 138 Å². The van der Waals surface area contributed by atoms with Crippen molar-refractivity contribution in [3.8, 4) is 0 Å². The zero-order valence-corrected chi connectivity index (χ0v) is 13.7. The van der Waals surface area contributed by atoms with E-state index in [1.165, 1.54) is 42.7 Å². The molecule has 3 rings (SSSR count). The van der Waals surface area contributed by atoms with E-state index in [0.29, 0.717) is 21.7 Å². The molecule has 1 unspecified atom stereocenters. The topological polar surface area (TPSA) is 12.0 Å². The first-order valence-electron chi connectivity index (χ1n) is 7.09. The highest BCUT2D eigenvalue weighted by molar-refractivity contribution is 7.10. The summed E-state index contributed by atoms with van der Waals surface area (Å²) in [5.74, 6) is 0.157. The summed E-state index contributed by atoms with van der Waals surface area (Å²) in [4.78, 5) is 1.28. The van der Waals surface area contributed by atoms with Gasteiger partial charge in [-0.25, -0.2) is 4.39 Å². The number of rotatable bonds is 4. The second-order valence-electron chi connectivity index (χ2n) is 5.43. The smallest absolute Gasteiger partial charge is 0.126 e. The Kier molecular flexibility index (Phi) is 4.72. The predicted octanol–water partition coefficient (Wildman–Crippen LogP) is 6.54. The van der Waals surface area contributed by atoms with Gasteiger partial charge in [-0.05, 0) is 42.3 Å². The number of benzene rings is 1. The Morgan fingerprint density at radius 1 is 1.19 bits per heavy atom. The summed E-state index contributed by atoms with van der Waals surface area (Å²) in [6.07, 6.45) is 4.93. The minimum Gasteiger partial charge on any atom is -0.375 e. The molecular weight excluding hydrogens is 328 g/mol. The molecule has 1 aliphatic rings. The fourth-order valence-electron chi connectivity index (χ4n) is 3.02. The number of hydrogen-bond donors (Lipinski definition) is 1. The lowest BCUT2D eigenvalue weighted by Crippen LogP contribution is -2.18. The molecule has 0 aliphatic heterocycles. The minimum absolute atomic E-state index is 0.188. The normalized spacial score (nSPS) is 17.1. The monoisotopic (exact) mass is 343 g/mol. The number of nitrogens with one attached hydrogen (secondary N) is 1. The van der Waals surface area contributed by atoms with Crippen molar-refractivity contribution in [2.75, 3.05) is 5.32 Å². The highest BCUT2D eigenvalue weighted by Gasteiger charge is 2.28. The van der Waals surface area contributed by atoms with Gasteiger partial charge in [0.25, 0.3) is 0 Å². The molecule has 112 valence electrons. The molecule has 1 nitrogen and oxygen atoms in total. The third kappa shape index (κ3) is 3.36. The molecule has 1 aromatic carbocycles. The zero-order valence-electron chi connectivity index (χ0n) is 11.4. The van der Waals surface area contributed by atoms with E-state index in [2.05, 4.69) is 22.8 Å². The molecule has 5 heteroatoms. The molecule has 1 aliphatic carbocycles. The molecule has 1 saturated carbocycles. The molecule has 21 heavy (non-hydrogen) atoms. The van der Waals surface area contributed by atoms with Crippen LogP contribution in [0.4, 0.5) is 10.1 Å². The zero-order chi connectivity index (χ0) is 14.8. The van der Waals surface area contributed by atoms with Crippen LogP contribution in [0.3, 0.4) is 0 Å². The van der Waals surface area contributed by atoms with Gasteiger partial charge in [-0.3, -0.25) is 0 Å². The largest absolute Gasteiger partial charge is 0.375 e. The molecule has 0 amide bonds. The Bertz CT molecular complexity index is 586. The van der Waals surface area contributed by atoms with E-state index in [1.807, 2.05) is 0 Å². The maximum Gasteiger partial charge on any atom is 0.126 e. The van der Waals surface area contributed by atoms with Gasteiger partial charge in [0, 0.05) is 4.88 Å². The van der Waals surface area contributed by atoms with Gasteiger partial charge >= 0.3 is 0 Å². The van der Waals surface area contributed by atoms with Crippen LogP contribution < -0.4 is 5.32 Å². The van der Waals surface area contributed by atoms with Crippen molar-refractivity contribution in [2.45, 2.75) is 31.7 Å². The molecule has 0 saturated heterocycles. The van der Waals surface area contributed by atoms with Crippen LogP contribution in [0.2, 0.25) is 10.0 Å².